The molecule has 0 unspecified atom stereocenters. The Hall–Kier alpha value is -1.52. The lowest BCUT2D eigenvalue weighted by atomic mass is 10.1. The van der Waals surface area contributed by atoms with Crippen LogP contribution in [0.15, 0.2) is 29.0 Å². The predicted octanol–water partition coefficient (Wildman–Crippen LogP) is 3.22. The highest BCUT2D eigenvalue weighted by molar-refractivity contribution is 7.08. The molecule has 3 N–H and O–H groups in total. The molecule has 0 spiro atoms. The van der Waals surface area contributed by atoms with E-state index in [1.165, 1.54) is 5.56 Å². The summed E-state index contributed by atoms with van der Waals surface area (Å²) in [5.41, 5.74) is 8.80. The summed E-state index contributed by atoms with van der Waals surface area (Å²) < 4.78 is 0. The maximum atomic E-state index is 12.0. The van der Waals surface area contributed by atoms with E-state index >= 15 is 0 Å². The van der Waals surface area contributed by atoms with Crippen molar-refractivity contribution in [1.82, 2.24) is 5.32 Å². The molecule has 94 valence electrons. The summed E-state index contributed by atoms with van der Waals surface area (Å²) in [7, 11) is 0. The van der Waals surface area contributed by atoms with Gasteiger partial charge in [0.1, 0.15) is 0 Å². The fraction of sp³-hybridized carbons (Fsp3) is 0.154. The normalized spacial score (nSPS) is 10.3. The Morgan fingerprint density at radius 2 is 2.22 bits per heavy atom. The molecule has 0 saturated heterocycles. The van der Waals surface area contributed by atoms with Crippen molar-refractivity contribution >= 4 is 34.5 Å². The number of rotatable bonds is 3. The van der Waals surface area contributed by atoms with Crippen LogP contribution in [0.1, 0.15) is 21.5 Å². The molecule has 0 bridgehead atoms. The van der Waals surface area contributed by atoms with Gasteiger partial charge in [0.2, 0.25) is 0 Å². The molecular weight excluding hydrogens is 268 g/mol. The van der Waals surface area contributed by atoms with Gasteiger partial charge in [-0.25, -0.2) is 0 Å². The Balaban J connectivity index is 2.09. The van der Waals surface area contributed by atoms with E-state index in [1.807, 2.05) is 12.3 Å². The van der Waals surface area contributed by atoms with Crippen LogP contribution in [0.25, 0.3) is 0 Å². The minimum absolute atomic E-state index is 0.208. The number of aryl methyl sites for hydroxylation is 1. The third-order valence-corrected chi connectivity index (χ3v) is 3.94. The third kappa shape index (κ3) is 2.66. The molecule has 1 amide bonds. The first-order valence-corrected chi connectivity index (χ1v) is 6.75. The predicted molar refractivity (Wildman–Crippen MR) is 76.1 cm³/mol. The lowest BCUT2D eigenvalue weighted by molar-refractivity contribution is 0.0952. The van der Waals surface area contributed by atoms with Crippen LogP contribution < -0.4 is 11.1 Å². The van der Waals surface area contributed by atoms with Crippen molar-refractivity contribution in [2.75, 3.05) is 5.73 Å². The molecule has 0 radical (unpaired) electrons. The third-order valence-electron chi connectivity index (χ3n) is 2.70. The van der Waals surface area contributed by atoms with Gasteiger partial charge in [0, 0.05) is 6.54 Å². The van der Waals surface area contributed by atoms with Gasteiger partial charge in [0.25, 0.3) is 5.91 Å². The van der Waals surface area contributed by atoms with Gasteiger partial charge in [-0.05, 0) is 40.9 Å². The number of nitrogen functional groups attached to an aromatic ring is 1. The van der Waals surface area contributed by atoms with Gasteiger partial charge >= 0.3 is 0 Å². The van der Waals surface area contributed by atoms with Crippen molar-refractivity contribution < 1.29 is 4.79 Å². The molecule has 2 rings (SSSR count). The second-order valence-electron chi connectivity index (χ2n) is 3.96. The van der Waals surface area contributed by atoms with Gasteiger partial charge in [0.15, 0.2) is 0 Å². The first-order valence-electron chi connectivity index (χ1n) is 5.43. The summed E-state index contributed by atoms with van der Waals surface area (Å²) in [6.45, 7) is 2.52. The number of nitrogens with two attached hydrogens (primary N) is 1. The molecular formula is C13H13ClN2OS. The van der Waals surface area contributed by atoms with Crippen LogP contribution in [-0.4, -0.2) is 5.91 Å². The average Bonchev–Trinajstić information content (AvgIpc) is 2.75. The van der Waals surface area contributed by atoms with E-state index in [-0.39, 0.29) is 5.91 Å². The number of anilines is 1. The maximum absolute atomic E-state index is 12.0. The van der Waals surface area contributed by atoms with Crippen LogP contribution in [0.5, 0.6) is 0 Å². The second kappa shape index (κ2) is 5.42. The lowest BCUT2D eigenvalue weighted by Crippen LogP contribution is -2.23. The minimum Gasteiger partial charge on any atom is -0.397 e. The molecule has 3 nitrogen and oxygen atoms in total. The van der Waals surface area contributed by atoms with E-state index in [0.29, 0.717) is 22.8 Å². The highest BCUT2D eigenvalue weighted by Gasteiger charge is 2.11. The van der Waals surface area contributed by atoms with Crippen molar-refractivity contribution in [3.63, 3.8) is 0 Å². The van der Waals surface area contributed by atoms with E-state index in [9.17, 15) is 4.79 Å². The summed E-state index contributed by atoms with van der Waals surface area (Å²) in [5, 5.41) is 7.31. The molecule has 2 aromatic rings. The van der Waals surface area contributed by atoms with Crippen LogP contribution in [0.3, 0.4) is 0 Å². The van der Waals surface area contributed by atoms with E-state index in [4.69, 9.17) is 17.3 Å². The van der Waals surface area contributed by atoms with Gasteiger partial charge < -0.3 is 11.1 Å². The number of thiophene rings is 1. The van der Waals surface area contributed by atoms with E-state index in [2.05, 4.69) is 10.7 Å². The summed E-state index contributed by atoms with van der Waals surface area (Å²) >= 11 is 7.50. The molecule has 0 aliphatic heterocycles. The largest absolute Gasteiger partial charge is 0.397 e. The number of halogens is 1. The highest BCUT2D eigenvalue weighted by atomic mass is 35.5. The molecule has 0 aliphatic rings. The van der Waals surface area contributed by atoms with Crippen LogP contribution >= 0.6 is 22.9 Å². The highest BCUT2D eigenvalue weighted by Crippen LogP contribution is 2.22. The fourth-order valence-corrected chi connectivity index (χ4v) is 2.61. The smallest absolute Gasteiger partial charge is 0.253 e. The van der Waals surface area contributed by atoms with Gasteiger partial charge in [-0.2, -0.15) is 11.3 Å². The number of nitrogens with one attached hydrogen (secondary N) is 1. The summed E-state index contributed by atoms with van der Waals surface area (Å²) in [5.74, 6) is -0.208. The molecule has 0 aliphatic carbocycles. The summed E-state index contributed by atoms with van der Waals surface area (Å²) in [4.78, 5) is 12.0. The molecule has 1 aromatic carbocycles. The zero-order chi connectivity index (χ0) is 13.1. The number of hydrogen-bond acceptors (Lipinski definition) is 3. The molecule has 5 heteroatoms. The van der Waals surface area contributed by atoms with E-state index in [0.717, 1.165) is 5.56 Å². The van der Waals surface area contributed by atoms with Gasteiger partial charge in [0.05, 0.1) is 16.3 Å². The number of amides is 1. The van der Waals surface area contributed by atoms with Crippen LogP contribution in [0.2, 0.25) is 5.02 Å². The zero-order valence-corrected chi connectivity index (χ0v) is 11.4. The maximum Gasteiger partial charge on any atom is 0.253 e. The van der Waals surface area contributed by atoms with E-state index in [1.54, 1.807) is 29.5 Å². The molecule has 0 saturated carbocycles. The average molecular weight is 281 g/mol. The summed E-state index contributed by atoms with van der Waals surface area (Å²) in [6.07, 6.45) is 0. The van der Waals surface area contributed by atoms with Crippen molar-refractivity contribution in [1.29, 1.82) is 0 Å². The SMILES string of the molecule is Cc1cscc1CNC(=O)c1cccc(Cl)c1N. The Morgan fingerprint density at radius 1 is 1.44 bits per heavy atom. The molecule has 1 aromatic heterocycles. The van der Waals surface area contributed by atoms with Crippen molar-refractivity contribution in [2.24, 2.45) is 0 Å². The molecule has 0 fully saturated rings. The van der Waals surface area contributed by atoms with Crippen LogP contribution in [0, 0.1) is 6.92 Å². The standard InChI is InChI=1S/C13H13ClN2OS/c1-8-6-18-7-9(8)5-16-13(17)10-3-2-4-11(14)12(10)15/h2-4,6-7H,5,15H2,1H3,(H,16,17). The van der Waals surface area contributed by atoms with Crippen molar-refractivity contribution in [3.8, 4) is 0 Å². The monoisotopic (exact) mass is 280 g/mol. The first kappa shape index (κ1) is 12.9. The van der Waals surface area contributed by atoms with Crippen molar-refractivity contribution in [2.45, 2.75) is 13.5 Å². The quantitative estimate of drug-likeness (QED) is 0.848. The zero-order valence-electron chi connectivity index (χ0n) is 9.87. The van der Waals surface area contributed by atoms with Gasteiger partial charge in [-0.3, -0.25) is 4.79 Å². The number of hydrogen-bond donors (Lipinski definition) is 2. The van der Waals surface area contributed by atoms with Gasteiger partial charge in [-0.1, -0.05) is 17.7 Å². The molecule has 18 heavy (non-hydrogen) atoms. The number of para-hydroxylation sites is 1. The second-order valence-corrected chi connectivity index (χ2v) is 5.11. The summed E-state index contributed by atoms with van der Waals surface area (Å²) in [6, 6.07) is 5.04. The number of carbonyl (C=O) groups is 1. The molecule has 0 atom stereocenters. The van der Waals surface area contributed by atoms with Crippen molar-refractivity contribution in [3.05, 3.63) is 50.7 Å². The topological polar surface area (TPSA) is 55.1 Å². The first-order chi connectivity index (χ1) is 8.59. The Kier molecular flexibility index (Phi) is 3.89. The van der Waals surface area contributed by atoms with Crippen LogP contribution in [-0.2, 0) is 6.54 Å². The fourth-order valence-electron chi connectivity index (χ4n) is 1.57. The Morgan fingerprint density at radius 3 is 2.89 bits per heavy atom. The number of carbonyl (C=O) groups excluding carboxylic acids is 1. The lowest BCUT2D eigenvalue weighted by Gasteiger charge is -2.08. The molecule has 1 heterocycles. The Bertz CT molecular complexity index is 580. The number of benzene rings is 1. The minimum atomic E-state index is -0.208. The Labute approximate surface area is 115 Å². The van der Waals surface area contributed by atoms with Gasteiger partial charge in [-0.15, -0.1) is 0 Å². The van der Waals surface area contributed by atoms with Crippen LogP contribution in [0.4, 0.5) is 5.69 Å². The van der Waals surface area contributed by atoms with E-state index < -0.39 is 0 Å².